The lowest BCUT2D eigenvalue weighted by Gasteiger charge is -2.28. The SMILES string of the molecule is Cc1ccc(P(OC(C)(C)C)c2ccc(C)cc2)cc1. The van der Waals surface area contributed by atoms with E-state index in [0.29, 0.717) is 0 Å². The summed E-state index contributed by atoms with van der Waals surface area (Å²) in [6.07, 6.45) is 0. The fourth-order valence-electron chi connectivity index (χ4n) is 1.89. The predicted octanol–water partition coefficient (Wildman–Crippen LogP) is 4.47. The Balaban J connectivity index is 2.38. The first-order valence-corrected chi connectivity index (χ1v) is 8.24. The van der Waals surface area contributed by atoms with Gasteiger partial charge in [0.1, 0.15) is 0 Å². The molecule has 0 saturated heterocycles. The fourth-order valence-corrected chi connectivity index (χ4v) is 3.79. The lowest BCUT2D eigenvalue weighted by molar-refractivity contribution is 0.155. The van der Waals surface area contributed by atoms with Gasteiger partial charge in [0.2, 0.25) is 0 Å². The molecule has 0 aromatic heterocycles. The summed E-state index contributed by atoms with van der Waals surface area (Å²) in [4.78, 5) is 0. The van der Waals surface area contributed by atoms with Crippen molar-refractivity contribution in [2.24, 2.45) is 0 Å². The zero-order chi connectivity index (χ0) is 14.8. The number of benzene rings is 2. The maximum Gasteiger partial charge on any atom is 0.0925 e. The van der Waals surface area contributed by atoms with Gasteiger partial charge in [-0.15, -0.1) is 0 Å². The van der Waals surface area contributed by atoms with Crippen molar-refractivity contribution >= 4 is 18.8 Å². The highest BCUT2D eigenvalue weighted by atomic mass is 31.1. The van der Waals surface area contributed by atoms with Crippen molar-refractivity contribution in [3.05, 3.63) is 59.7 Å². The van der Waals surface area contributed by atoms with Gasteiger partial charge in [-0.25, -0.2) is 0 Å². The average molecular weight is 286 g/mol. The lowest BCUT2D eigenvalue weighted by atomic mass is 10.2. The maximum absolute atomic E-state index is 6.35. The smallest absolute Gasteiger partial charge is 0.0925 e. The van der Waals surface area contributed by atoms with Gasteiger partial charge >= 0.3 is 0 Å². The summed E-state index contributed by atoms with van der Waals surface area (Å²) in [7, 11) is -0.764. The molecular formula is C18H23OP. The number of rotatable bonds is 3. The molecule has 1 nitrogen and oxygen atoms in total. The Morgan fingerprint density at radius 3 is 1.35 bits per heavy atom. The van der Waals surface area contributed by atoms with E-state index in [1.54, 1.807) is 0 Å². The molecule has 2 rings (SSSR count). The van der Waals surface area contributed by atoms with Crippen LogP contribution in [0.3, 0.4) is 0 Å². The first-order chi connectivity index (χ1) is 9.35. The van der Waals surface area contributed by atoms with Crippen LogP contribution in [-0.4, -0.2) is 5.60 Å². The largest absolute Gasteiger partial charge is 0.344 e. The third-order valence-corrected chi connectivity index (χ3v) is 5.17. The molecule has 2 aromatic carbocycles. The zero-order valence-corrected chi connectivity index (χ0v) is 13.9. The topological polar surface area (TPSA) is 9.23 Å². The van der Waals surface area contributed by atoms with Crippen molar-refractivity contribution in [3.63, 3.8) is 0 Å². The Labute approximate surface area is 123 Å². The lowest BCUT2D eigenvalue weighted by Crippen LogP contribution is -2.23. The van der Waals surface area contributed by atoms with Gasteiger partial charge in [-0.2, -0.15) is 0 Å². The summed E-state index contributed by atoms with van der Waals surface area (Å²) in [6, 6.07) is 17.4. The van der Waals surface area contributed by atoms with Crippen LogP contribution in [0.4, 0.5) is 0 Å². The minimum absolute atomic E-state index is 0.151. The van der Waals surface area contributed by atoms with Gasteiger partial charge in [0.15, 0.2) is 0 Å². The third kappa shape index (κ3) is 4.16. The quantitative estimate of drug-likeness (QED) is 0.757. The van der Waals surface area contributed by atoms with E-state index in [1.165, 1.54) is 21.7 Å². The summed E-state index contributed by atoms with van der Waals surface area (Å²) >= 11 is 0. The zero-order valence-electron chi connectivity index (χ0n) is 13.0. The van der Waals surface area contributed by atoms with Gasteiger partial charge in [0, 0.05) is 10.6 Å². The first kappa shape index (κ1) is 15.2. The highest BCUT2D eigenvalue weighted by molar-refractivity contribution is 7.68. The van der Waals surface area contributed by atoms with Crippen molar-refractivity contribution in [3.8, 4) is 0 Å². The van der Waals surface area contributed by atoms with E-state index >= 15 is 0 Å². The Morgan fingerprint density at radius 1 is 0.700 bits per heavy atom. The minimum Gasteiger partial charge on any atom is -0.344 e. The molecule has 2 heteroatoms. The monoisotopic (exact) mass is 286 g/mol. The van der Waals surface area contributed by atoms with Crippen molar-refractivity contribution in [1.29, 1.82) is 0 Å². The summed E-state index contributed by atoms with van der Waals surface area (Å²) < 4.78 is 6.35. The average Bonchev–Trinajstić information content (AvgIpc) is 2.37. The van der Waals surface area contributed by atoms with E-state index in [1.807, 2.05) is 0 Å². The summed E-state index contributed by atoms with van der Waals surface area (Å²) in [6.45, 7) is 10.6. The molecule has 0 aliphatic rings. The van der Waals surface area contributed by atoms with E-state index < -0.39 is 8.15 Å². The highest BCUT2D eigenvalue weighted by Gasteiger charge is 2.22. The van der Waals surface area contributed by atoms with Gasteiger partial charge in [0.25, 0.3) is 0 Å². The number of aryl methyl sites for hydroxylation is 2. The summed E-state index contributed by atoms with van der Waals surface area (Å²) in [5.41, 5.74) is 2.41. The van der Waals surface area contributed by atoms with Crippen LogP contribution in [0.15, 0.2) is 48.5 Å². The van der Waals surface area contributed by atoms with E-state index in [-0.39, 0.29) is 5.60 Å². The molecule has 0 radical (unpaired) electrons. The third-order valence-electron chi connectivity index (χ3n) is 2.90. The van der Waals surface area contributed by atoms with Crippen molar-refractivity contribution < 1.29 is 4.52 Å². The van der Waals surface area contributed by atoms with Crippen molar-refractivity contribution in [2.75, 3.05) is 0 Å². The van der Waals surface area contributed by atoms with Crippen molar-refractivity contribution in [1.82, 2.24) is 0 Å². The van der Waals surface area contributed by atoms with Crippen molar-refractivity contribution in [2.45, 2.75) is 40.2 Å². The molecule has 0 fully saturated rings. The molecule has 0 unspecified atom stereocenters. The molecule has 0 bridgehead atoms. The van der Waals surface area contributed by atoms with Crippen LogP contribution < -0.4 is 10.6 Å². The molecule has 0 amide bonds. The molecule has 0 heterocycles. The molecule has 2 aromatic rings. The standard InChI is InChI=1S/C18H23OP/c1-14-6-10-16(11-7-14)20(19-18(3,4)5)17-12-8-15(2)9-13-17/h6-13H,1-5H3. The van der Waals surface area contributed by atoms with Gasteiger partial charge in [0.05, 0.1) is 13.7 Å². The van der Waals surface area contributed by atoms with E-state index in [0.717, 1.165) is 0 Å². The van der Waals surface area contributed by atoms with Gasteiger partial charge in [-0.1, -0.05) is 59.7 Å². The summed E-state index contributed by atoms with van der Waals surface area (Å²) in [5, 5.41) is 2.54. The van der Waals surface area contributed by atoms with E-state index in [2.05, 4.69) is 83.1 Å². The number of hydrogen-bond donors (Lipinski definition) is 0. The molecule has 106 valence electrons. The second-order valence-corrected chi connectivity index (χ2v) is 7.97. The Hall–Kier alpha value is -1.17. The van der Waals surface area contributed by atoms with Gasteiger partial charge < -0.3 is 4.52 Å². The maximum atomic E-state index is 6.35. The normalized spacial score (nSPS) is 11.9. The number of hydrogen-bond acceptors (Lipinski definition) is 1. The Morgan fingerprint density at radius 2 is 1.05 bits per heavy atom. The first-order valence-electron chi connectivity index (χ1n) is 6.98. The fraction of sp³-hybridized carbons (Fsp3) is 0.333. The second-order valence-electron chi connectivity index (χ2n) is 6.17. The van der Waals surface area contributed by atoms with Gasteiger partial charge in [-0.05, 0) is 34.6 Å². The van der Waals surface area contributed by atoms with E-state index in [4.69, 9.17) is 4.52 Å². The second kappa shape index (κ2) is 6.08. The van der Waals surface area contributed by atoms with Gasteiger partial charge in [-0.3, -0.25) is 0 Å². The van der Waals surface area contributed by atoms with Crippen LogP contribution in [0.5, 0.6) is 0 Å². The molecule has 0 atom stereocenters. The molecule has 0 N–H and O–H groups in total. The van der Waals surface area contributed by atoms with Crippen LogP contribution >= 0.6 is 8.15 Å². The van der Waals surface area contributed by atoms with Crippen LogP contribution in [0.2, 0.25) is 0 Å². The molecule has 20 heavy (non-hydrogen) atoms. The minimum atomic E-state index is -0.764. The summed E-state index contributed by atoms with van der Waals surface area (Å²) in [5.74, 6) is 0. The van der Waals surface area contributed by atoms with Crippen LogP contribution in [-0.2, 0) is 4.52 Å². The van der Waals surface area contributed by atoms with Crippen LogP contribution in [0.25, 0.3) is 0 Å². The highest BCUT2D eigenvalue weighted by Crippen LogP contribution is 2.39. The molecule has 0 aliphatic heterocycles. The molecule has 0 saturated carbocycles. The Kier molecular flexibility index (Phi) is 4.62. The van der Waals surface area contributed by atoms with E-state index in [9.17, 15) is 0 Å². The van der Waals surface area contributed by atoms with Crippen LogP contribution in [0, 0.1) is 13.8 Å². The molecule has 0 spiro atoms. The molecule has 0 aliphatic carbocycles. The Bertz CT molecular complexity index is 504. The van der Waals surface area contributed by atoms with Crippen LogP contribution in [0.1, 0.15) is 31.9 Å². The molecular weight excluding hydrogens is 263 g/mol. The predicted molar refractivity (Wildman–Crippen MR) is 89.4 cm³/mol.